The maximum atomic E-state index is 11.3. The molecule has 0 saturated carbocycles. The van der Waals surface area contributed by atoms with Crippen LogP contribution in [0.5, 0.6) is 0 Å². The van der Waals surface area contributed by atoms with Crippen molar-refractivity contribution >= 4 is 11.9 Å². The van der Waals surface area contributed by atoms with Crippen LogP contribution in [0, 0.1) is 0 Å². The first-order valence-corrected chi connectivity index (χ1v) is 4.33. The van der Waals surface area contributed by atoms with Crippen LogP contribution < -0.4 is 0 Å². The highest BCUT2D eigenvalue weighted by Crippen LogP contribution is 1.99. The molecule has 0 aromatic rings. The van der Waals surface area contributed by atoms with Gasteiger partial charge in [-0.2, -0.15) is 0 Å². The third-order valence-electron chi connectivity index (χ3n) is 1.28. The van der Waals surface area contributed by atoms with Crippen LogP contribution in [0.1, 0.15) is 29.4 Å². The van der Waals surface area contributed by atoms with E-state index in [-0.39, 0.29) is 13.0 Å². The molecule has 0 aromatic carbocycles. The highest BCUT2D eigenvalue weighted by atomic mass is 16.6. The van der Waals surface area contributed by atoms with E-state index in [2.05, 4.69) is 9.47 Å². The Morgan fingerprint density at radius 1 is 1.57 bits per heavy atom. The van der Waals surface area contributed by atoms with Crippen molar-refractivity contribution in [1.82, 2.24) is 0 Å². The molecule has 0 aromatic heterocycles. The lowest BCUT2D eigenvalue weighted by Gasteiger charge is -2.11. The first-order chi connectivity index (χ1) is 7.35. The lowest BCUT2D eigenvalue weighted by Crippen LogP contribution is -2.26. The van der Waals surface area contributed by atoms with E-state index < -0.39 is 31.0 Å². The van der Waals surface area contributed by atoms with Crippen molar-refractivity contribution in [3.05, 3.63) is 0 Å². The van der Waals surface area contributed by atoms with E-state index in [1.54, 1.807) is 6.92 Å². The Hall–Kier alpha value is -1.10. The van der Waals surface area contributed by atoms with Crippen molar-refractivity contribution in [2.75, 3.05) is 13.2 Å². The lowest BCUT2D eigenvalue weighted by atomic mass is 10.3. The summed E-state index contributed by atoms with van der Waals surface area (Å²) in [4.78, 5) is 22.3. The molecule has 5 nitrogen and oxygen atoms in total. The highest BCUT2D eigenvalue weighted by molar-refractivity contribution is 5.78. The summed E-state index contributed by atoms with van der Waals surface area (Å²) in [6.45, 7) is 2.59. The van der Waals surface area contributed by atoms with E-state index in [0.717, 1.165) is 0 Å². The molecular weight excluding hydrogens is 188 g/mol. The fraction of sp³-hybridized carbons (Fsp3) is 0.778. The van der Waals surface area contributed by atoms with E-state index in [1.165, 1.54) is 6.92 Å². The smallest absolute Gasteiger partial charge is 0.347 e. The van der Waals surface area contributed by atoms with Crippen molar-refractivity contribution in [3.63, 3.8) is 0 Å². The van der Waals surface area contributed by atoms with E-state index in [9.17, 15) is 9.59 Å². The fourth-order valence-corrected chi connectivity index (χ4v) is 0.668. The number of ether oxygens (including phenoxy) is 2. The minimum absolute atomic E-state index is 0.157. The van der Waals surface area contributed by atoms with Gasteiger partial charge in [0.2, 0.25) is 0 Å². The average molecular weight is 206 g/mol. The summed E-state index contributed by atoms with van der Waals surface area (Å²) in [7, 11) is 0. The third-order valence-corrected chi connectivity index (χ3v) is 1.28. The van der Waals surface area contributed by atoms with Crippen LogP contribution in [-0.2, 0) is 19.1 Å². The molecule has 1 N–H and O–H groups in total. The molecule has 1 atom stereocenters. The summed E-state index contributed by atoms with van der Waals surface area (Å²) in [5.41, 5.74) is 0. The summed E-state index contributed by atoms with van der Waals surface area (Å²) < 4.78 is 23.7. The van der Waals surface area contributed by atoms with Gasteiger partial charge in [0.25, 0.3) is 0 Å². The molecule has 0 saturated heterocycles. The summed E-state index contributed by atoms with van der Waals surface area (Å²) >= 11 is 0. The maximum Gasteiger partial charge on any atom is 0.347 e. The van der Waals surface area contributed by atoms with Gasteiger partial charge in [0.05, 0.1) is 6.61 Å². The quantitative estimate of drug-likeness (QED) is 0.631. The number of esters is 2. The Balaban J connectivity index is 4.28. The zero-order valence-electron chi connectivity index (χ0n) is 10.3. The second-order valence-electron chi connectivity index (χ2n) is 2.45. The number of hydrogen-bond acceptors (Lipinski definition) is 5. The van der Waals surface area contributed by atoms with Crippen LogP contribution in [0.15, 0.2) is 0 Å². The number of aliphatic hydroxyl groups excluding tert-OH is 1. The number of rotatable bonds is 6. The Kier molecular flexibility index (Phi) is 4.94. The second kappa shape index (κ2) is 7.32. The largest absolute Gasteiger partial charge is 0.463 e. The van der Waals surface area contributed by atoms with Crippen molar-refractivity contribution in [2.45, 2.75) is 32.7 Å². The lowest BCUT2D eigenvalue weighted by molar-refractivity contribution is -0.166. The molecule has 82 valence electrons. The maximum absolute atomic E-state index is 11.3. The predicted octanol–water partition coefficient (Wildman–Crippen LogP) is 0.254. The summed E-state index contributed by atoms with van der Waals surface area (Å²) in [6, 6.07) is 0. The molecule has 0 amide bonds. The Morgan fingerprint density at radius 3 is 2.71 bits per heavy atom. The minimum atomic E-state index is -2.30. The van der Waals surface area contributed by atoms with Crippen molar-refractivity contribution in [1.29, 1.82) is 0 Å². The molecule has 14 heavy (non-hydrogen) atoms. The fourth-order valence-electron chi connectivity index (χ4n) is 0.668. The van der Waals surface area contributed by atoms with E-state index in [0.29, 0.717) is 0 Å². The topological polar surface area (TPSA) is 72.8 Å². The molecule has 0 aliphatic carbocycles. The predicted molar refractivity (Wildman–Crippen MR) is 48.5 cm³/mol. The first-order valence-electron chi connectivity index (χ1n) is 5.33. The van der Waals surface area contributed by atoms with Crippen LogP contribution in [0.4, 0.5) is 0 Å². The normalized spacial score (nSPS) is 15.1. The van der Waals surface area contributed by atoms with Gasteiger partial charge in [-0.05, 0) is 20.3 Å². The molecular formula is C9H16O5. The molecule has 0 radical (unpaired) electrons. The van der Waals surface area contributed by atoms with Gasteiger partial charge in [-0.15, -0.1) is 0 Å². The van der Waals surface area contributed by atoms with Crippen LogP contribution in [0.25, 0.3) is 0 Å². The zero-order chi connectivity index (χ0) is 12.8. The second-order valence-corrected chi connectivity index (χ2v) is 2.45. The molecule has 0 unspecified atom stereocenters. The van der Waals surface area contributed by atoms with Gasteiger partial charge in [0.1, 0.15) is 0 Å². The SMILES string of the molecule is [2H]C([2H])(CCO)C(=O)O[C@@H](C)C(=O)OCC. The Bertz CT molecular complexity index is 254. The van der Waals surface area contributed by atoms with Crippen molar-refractivity contribution in [2.24, 2.45) is 0 Å². The average Bonchev–Trinajstić information content (AvgIpc) is 2.17. The highest BCUT2D eigenvalue weighted by Gasteiger charge is 2.18. The summed E-state index contributed by atoms with van der Waals surface area (Å²) in [6.07, 6.45) is -3.82. The number of aliphatic hydroxyl groups is 1. The monoisotopic (exact) mass is 206 g/mol. The van der Waals surface area contributed by atoms with E-state index in [1.807, 2.05) is 0 Å². The van der Waals surface area contributed by atoms with Gasteiger partial charge in [-0.3, -0.25) is 4.79 Å². The molecule has 0 fully saturated rings. The Labute approximate surface area is 85.8 Å². The van der Waals surface area contributed by atoms with Crippen LogP contribution in [0.3, 0.4) is 0 Å². The van der Waals surface area contributed by atoms with Crippen LogP contribution >= 0.6 is 0 Å². The number of carbonyl (C=O) groups is 2. The standard InChI is InChI=1S/C9H16O5/c1-3-13-9(12)7(2)14-8(11)5-4-6-10/h7,10H,3-6H2,1-2H3/t7-/m0/s1/i5D2. The molecule has 0 rings (SSSR count). The minimum Gasteiger partial charge on any atom is -0.463 e. The molecule has 0 bridgehead atoms. The molecule has 5 heteroatoms. The van der Waals surface area contributed by atoms with Crippen LogP contribution in [-0.4, -0.2) is 36.4 Å². The third kappa shape index (κ3) is 5.53. The van der Waals surface area contributed by atoms with Gasteiger partial charge in [-0.1, -0.05) is 0 Å². The summed E-state index contributed by atoms with van der Waals surface area (Å²) in [5, 5.41) is 8.54. The number of carbonyl (C=O) groups excluding carboxylic acids is 2. The molecule has 0 spiro atoms. The first kappa shape index (κ1) is 9.45. The molecule has 0 aliphatic heterocycles. The zero-order valence-corrected chi connectivity index (χ0v) is 8.28. The van der Waals surface area contributed by atoms with E-state index in [4.69, 9.17) is 7.85 Å². The molecule has 0 heterocycles. The molecule has 0 aliphatic rings. The van der Waals surface area contributed by atoms with Gasteiger partial charge >= 0.3 is 11.9 Å². The van der Waals surface area contributed by atoms with Gasteiger partial charge in [-0.25, -0.2) is 4.79 Å². The summed E-state index contributed by atoms with van der Waals surface area (Å²) in [5.74, 6) is -1.90. The van der Waals surface area contributed by atoms with E-state index >= 15 is 0 Å². The Morgan fingerprint density at radius 2 is 2.21 bits per heavy atom. The van der Waals surface area contributed by atoms with Gasteiger partial charge in [0, 0.05) is 15.7 Å². The van der Waals surface area contributed by atoms with Gasteiger partial charge in [0.15, 0.2) is 6.10 Å². The van der Waals surface area contributed by atoms with Crippen molar-refractivity contribution < 1.29 is 26.9 Å². The van der Waals surface area contributed by atoms with Gasteiger partial charge < -0.3 is 14.6 Å². The van der Waals surface area contributed by atoms with Crippen molar-refractivity contribution in [3.8, 4) is 0 Å². The van der Waals surface area contributed by atoms with Crippen LogP contribution in [0.2, 0.25) is 0 Å². The number of hydrogen-bond donors (Lipinski definition) is 1.